The molecular formula is C25H16FN5O3S2. The minimum atomic E-state index is -3.88. The minimum Gasteiger partial charge on any atom is -0.496 e. The molecule has 0 saturated heterocycles. The molecule has 0 aliphatic carbocycles. The number of pyridine rings is 1. The molecule has 0 radical (unpaired) electrons. The fraction of sp³-hybridized carbons (Fsp3) is 0.0400. The minimum absolute atomic E-state index is 0.0495. The molecule has 0 amide bonds. The average Bonchev–Trinajstić information content (AvgIpc) is 3.39. The standard InChI is InChI=1S/C25H16FN5O3S2/c1-34-23-12-21(15-3-2-4-18(26)9-15)17(13-27)11-22(23)24-20-6-5-19(10-16(20)7-8-28-24)36(32,33)31-25-30-29-14-35-25/h2-12,14H,1H3,(H,30,31). The summed E-state index contributed by atoms with van der Waals surface area (Å²) in [5.41, 5.74) is 3.86. The lowest BCUT2D eigenvalue weighted by molar-refractivity contribution is 0.416. The number of nitrogens with zero attached hydrogens (tertiary/aromatic N) is 4. The number of benzene rings is 3. The van der Waals surface area contributed by atoms with Gasteiger partial charge in [0.25, 0.3) is 10.0 Å². The Bertz CT molecular complexity index is 1750. The maximum absolute atomic E-state index is 13.8. The monoisotopic (exact) mass is 517 g/mol. The quantitative estimate of drug-likeness (QED) is 0.327. The number of aromatic nitrogens is 3. The largest absolute Gasteiger partial charge is 0.496 e. The third-order valence-corrected chi connectivity index (χ3v) is 7.55. The summed E-state index contributed by atoms with van der Waals surface area (Å²) in [5.74, 6) is 0.0180. The summed E-state index contributed by atoms with van der Waals surface area (Å²) < 4.78 is 47.5. The van der Waals surface area contributed by atoms with Crippen molar-refractivity contribution in [1.82, 2.24) is 15.2 Å². The second-order valence-corrected chi connectivity index (χ2v) is 10.1. The van der Waals surface area contributed by atoms with Crippen LogP contribution in [-0.4, -0.2) is 30.7 Å². The van der Waals surface area contributed by atoms with Gasteiger partial charge in [-0.05, 0) is 53.4 Å². The first-order valence-electron chi connectivity index (χ1n) is 10.5. The maximum atomic E-state index is 13.8. The number of hydrogen-bond acceptors (Lipinski definition) is 8. The van der Waals surface area contributed by atoms with Gasteiger partial charge in [-0.2, -0.15) is 5.26 Å². The van der Waals surface area contributed by atoms with E-state index < -0.39 is 15.8 Å². The van der Waals surface area contributed by atoms with Gasteiger partial charge in [-0.15, -0.1) is 10.2 Å². The Morgan fingerprint density at radius 3 is 2.67 bits per heavy atom. The summed E-state index contributed by atoms with van der Waals surface area (Å²) in [5, 5.41) is 18.6. The topological polar surface area (TPSA) is 118 Å². The van der Waals surface area contributed by atoms with Crippen molar-refractivity contribution in [3.8, 4) is 34.2 Å². The Morgan fingerprint density at radius 2 is 1.94 bits per heavy atom. The molecule has 2 aromatic heterocycles. The van der Waals surface area contributed by atoms with Crippen molar-refractivity contribution in [3.05, 3.63) is 83.8 Å². The fourth-order valence-corrected chi connectivity index (χ4v) is 5.58. The van der Waals surface area contributed by atoms with Gasteiger partial charge in [0, 0.05) is 22.7 Å². The number of rotatable bonds is 6. The number of anilines is 1. The first-order valence-corrected chi connectivity index (χ1v) is 12.8. The summed E-state index contributed by atoms with van der Waals surface area (Å²) in [7, 11) is -2.38. The molecule has 0 aliphatic rings. The number of methoxy groups -OCH3 is 1. The number of sulfonamides is 1. The molecular weight excluding hydrogens is 501 g/mol. The summed E-state index contributed by atoms with van der Waals surface area (Å²) in [6.45, 7) is 0. The number of nitrogens with one attached hydrogen (secondary N) is 1. The fourth-order valence-electron chi connectivity index (χ4n) is 3.85. The third kappa shape index (κ3) is 4.35. The Hall–Kier alpha value is -4.40. The van der Waals surface area contributed by atoms with Crippen molar-refractivity contribution in [2.24, 2.45) is 0 Å². The van der Waals surface area contributed by atoms with Crippen LogP contribution in [0.25, 0.3) is 33.2 Å². The molecule has 36 heavy (non-hydrogen) atoms. The van der Waals surface area contributed by atoms with Gasteiger partial charge < -0.3 is 4.74 Å². The smallest absolute Gasteiger partial charge is 0.263 e. The van der Waals surface area contributed by atoms with Gasteiger partial charge in [0.2, 0.25) is 5.13 Å². The normalized spacial score (nSPS) is 11.2. The average molecular weight is 518 g/mol. The Labute approximate surface area is 209 Å². The van der Waals surface area contributed by atoms with Crippen LogP contribution in [0.4, 0.5) is 9.52 Å². The molecule has 0 fully saturated rings. The molecule has 8 nitrogen and oxygen atoms in total. The lowest BCUT2D eigenvalue weighted by atomic mass is 9.94. The van der Waals surface area contributed by atoms with E-state index in [-0.39, 0.29) is 10.0 Å². The Balaban J connectivity index is 1.63. The highest BCUT2D eigenvalue weighted by Crippen LogP contribution is 2.39. The first kappa shape index (κ1) is 23.3. The van der Waals surface area contributed by atoms with Crippen LogP contribution >= 0.6 is 11.3 Å². The van der Waals surface area contributed by atoms with E-state index in [1.807, 2.05) is 0 Å². The van der Waals surface area contributed by atoms with Crippen LogP contribution in [0.3, 0.4) is 0 Å². The number of hydrogen-bond donors (Lipinski definition) is 1. The van der Waals surface area contributed by atoms with Gasteiger partial charge in [-0.25, -0.2) is 12.8 Å². The molecule has 1 N–H and O–H groups in total. The first-order chi connectivity index (χ1) is 17.4. The maximum Gasteiger partial charge on any atom is 0.263 e. The summed E-state index contributed by atoms with van der Waals surface area (Å²) in [6, 6.07) is 17.8. The molecule has 0 spiro atoms. The number of fused-ring (bicyclic) bond motifs is 1. The molecule has 0 aliphatic heterocycles. The predicted molar refractivity (Wildman–Crippen MR) is 135 cm³/mol. The lowest BCUT2D eigenvalue weighted by Gasteiger charge is -2.15. The van der Waals surface area contributed by atoms with Gasteiger partial charge >= 0.3 is 0 Å². The van der Waals surface area contributed by atoms with Gasteiger partial charge in [0.15, 0.2) is 0 Å². The molecule has 178 valence electrons. The van der Waals surface area contributed by atoms with Crippen molar-refractivity contribution < 1.29 is 17.5 Å². The van der Waals surface area contributed by atoms with Crippen molar-refractivity contribution in [1.29, 1.82) is 5.26 Å². The van der Waals surface area contributed by atoms with Crippen molar-refractivity contribution in [3.63, 3.8) is 0 Å². The van der Waals surface area contributed by atoms with Crippen molar-refractivity contribution in [2.75, 3.05) is 11.8 Å². The summed E-state index contributed by atoms with van der Waals surface area (Å²) in [6.07, 6.45) is 1.55. The van der Waals surface area contributed by atoms with Crippen molar-refractivity contribution >= 4 is 37.3 Å². The van der Waals surface area contributed by atoms with Crippen LogP contribution in [0, 0.1) is 17.1 Å². The highest BCUT2D eigenvalue weighted by Gasteiger charge is 2.20. The van der Waals surface area contributed by atoms with E-state index in [9.17, 15) is 18.1 Å². The van der Waals surface area contributed by atoms with Crippen LogP contribution < -0.4 is 9.46 Å². The van der Waals surface area contributed by atoms with Gasteiger partial charge in [-0.1, -0.05) is 29.5 Å². The molecule has 0 atom stereocenters. The molecule has 0 saturated carbocycles. The molecule has 5 aromatic rings. The van der Waals surface area contributed by atoms with Crippen LogP contribution in [0.5, 0.6) is 5.75 Å². The van der Waals surface area contributed by atoms with E-state index in [0.29, 0.717) is 44.5 Å². The van der Waals surface area contributed by atoms with Gasteiger partial charge in [0.1, 0.15) is 17.1 Å². The molecule has 3 aromatic carbocycles. The van der Waals surface area contributed by atoms with E-state index in [4.69, 9.17) is 4.74 Å². The highest BCUT2D eigenvalue weighted by atomic mass is 32.2. The van der Waals surface area contributed by atoms with E-state index in [0.717, 1.165) is 11.3 Å². The van der Waals surface area contributed by atoms with Gasteiger partial charge in [0.05, 0.1) is 29.3 Å². The zero-order chi connectivity index (χ0) is 25.3. The second-order valence-electron chi connectivity index (χ2n) is 7.61. The number of ether oxygens (including phenoxy) is 1. The zero-order valence-corrected chi connectivity index (χ0v) is 20.3. The molecule has 0 unspecified atom stereocenters. The van der Waals surface area contributed by atoms with E-state index in [1.165, 1.54) is 36.9 Å². The SMILES string of the molecule is COc1cc(-c2cccc(F)c2)c(C#N)cc1-c1nccc2cc(S(=O)(=O)Nc3nncs3)ccc12. The molecule has 11 heteroatoms. The molecule has 2 heterocycles. The van der Waals surface area contributed by atoms with Crippen LogP contribution in [0.1, 0.15) is 5.56 Å². The van der Waals surface area contributed by atoms with Crippen LogP contribution in [0.2, 0.25) is 0 Å². The summed E-state index contributed by atoms with van der Waals surface area (Å²) in [4.78, 5) is 4.55. The highest BCUT2D eigenvalue weighted by molar-refractivity contribution is 7.93. The summed E-state index contributed by atoms with van der Waals surface area (Å²) >= 11 is 1.07. The Morgan fingerprint density at radius 1 is 1.08 bits per heavy atom. The number of halogens is 1. The second kappa shape index (κ2) is 9.33. The van der Waals surface area contributed by atoms with E-state index in [1.54, 1.807) is 42.6 Å². The van der Waals surface area contributed by atoms with Gasteiger partial charge in [-0.3, -0.25) is 9.71 Å². The molecule has 0 bridgehead atoms. The van der Waals surface area contributed by atoms with Crippen molar-refractivity contribution in [2.45, 2.75) is 4.90 Å². The lowest BCUT2D eigenvalue weighted by Crippen LogP contribution is -2.12. The van der Waals surface area contributed by atoms with E-state index >= 15 is 0 Å². The zero-order valence-electron chi connectivity index (χ0n) is 18.6. The third-order valence-electron chi connectivity index (χ3n) is 5.48. The van der Waals surface area contributed by atoms with E-state index in [2.05, 4.69) is 26.0 Å². The molecule has 5 rings (SSSR count). The van der Waals surface area contributed by atoms with Crippen LogP contribution in [-0.2, 0) is 10.0 Å². The Kier molecular flexibility index (Phi) is 6.05. The van der Waals surface area contributed by atoms with Crippen LogP contribution in [0.15, 0.2) is 77.3 Å². The predicted octanol–water partition coefficient (Wildman–Crippen LogP) is 5.24. The number of nitriles is 1.